The van der Waals surface area contributed by atoms with Gasteiger partial charge >= 0.3 is 6.03 Å². The van der Waals surface area contributed by atoms with Gasteiger partial charge in [0.25, 0.3) is 5.91 Å². The number of carbonyl (C=O) groups is 2. The summed E-state index contributed by atoms with van der Waals surface area (Å²) >= 11 is 0. The Morgan fingerprint density at radius 1 is 1.07 bits per heavy atom. The third-order valence-electron chi connectivity index (χ3n) is 4.34. The van der Waals surface area contributed by atoms with Crippen molar-refractivity contribution in [2.75, 3.05) is 11.0 Å². The average Bonchev–Trinajstić information content (AvgIpc) is 2.86. The molecular formula is C18H19N3O5S. The molecule has 27 heavy (non-hydrogen) atoms. The van der Waals surface area contributed by atoms with E-state index in [-0.39, 0.29) is 0 Å². The molecule has 3 amide bonds. The SMILES string of the molecule is CC1(C(O)c2ccc(-c3cccc(NS(C)(=O)=O)c3)cc2)NC(=O)NC1=O. The van der Waals surface area contributed by atoms with Gasteiger partial charge in [0.1, 0.15) is 11.6 Å². The zero-order valence-corrected chi connectivity index (χ0v) is 15.5. The fourth-order valence-electron chi connectivity index (χ4n) is 2.92. The van der Waals surface area contributed by atoms with Crippen molar-refractivity contribution in [3.05, 3.63) is 54.1 Å². The number of anilines is 1. The van der Waals surface area contributed by atoms with Gasteiger partial charge in [0.2, 0.25) is 10.0 Å². The molecule has 2 aromatic carbocycles. The van der Waals surface area contributed by atoms with Gasteiger partial charge in [0.05, 0.1) is 6.26 Å². The Bertz CT molecular complexity index is 1000. The number of carbonyl (C=O) groups excluding carboxylic acids is 2. The summed E-state index contributed by atoms with van der Waals surface area (Å²) in [5, 5.41) is 15.1. The van der Waals surface area contributed by atoms with Crippen LogP contribution in [-0.2, 0) is 14.8 Å². The lowest BCUT2D eigenvalue weighted by Gasteiger charge is -2.27. The van der Waals surface area contributed by atoms with E-state index >= 15 is 0 Å². The molecular weight excluding hydrogens is 370 g/mol. The summed E-state index contributed by atoms with van der Waals surface area (Å²) in [4.78, 5) is 23.3. The van der Waals surface area contributed by atoms with E-state index in [1.807, 2.05) is 6.07 Å². The van der Waals surface area contributed by atoms with E-state index in [4.69, 9.17) is 0 Å². The maximum absolute atomic E-state index is 12.0. The monoisotopic (exact) mass is 389 g/mol. The Morgan fingerprint density at radius 3 is 2.30 bits per heavy atom. The Morgan fingerprint density at radius 2 is 1.74 bits per heavy atom. The van der Waals surface area contributed by atoms with Gasteiger partial charge in [0.15, 0.2) is 0 Å². The van der Waals surface area contributed by atoms with Crippen molar-refractivity contribution in [2.45, 2.75) is 18.6 Å². The lowest BCUT2D eigenvalue weighted by atomic mass is 9.89. The van der Waals surface area contributed by atoms with Gasteiger partial charge < -0.3 is 10.4 Å². The van der Waals surface area contributed by atoms with E-state index in [0.717, 1.165) is 17.4 Å². The molecule has 3 rings (SSSR count). The molecule has 4 N–H and O–H groups in total. The number of aliphatic hydroxyl groups is 1. The predicted molar refractivity (Wildman–Crippen MR) is 100 cm³/mol. The number of amides is 3. The molecule has 0 radical (unpaired) electrons. The van der Waals surface area contributed by atoms with E-state index in [1.165, 1.54) is 6.92 Å². The maximum atomic E-state index is 12.0. The molecule has 1 aliphatic heterocycles. The van der Waals surface area contributed by atoms with E-state index in [0.29, 0.717) is 11.3 Å². The van der Waals surface area contributed by atoms with Crippen molar-refractivity contribution in [2.24, 2.45) is 0 Å². The fraction of sp³-hybridized carbons (Fsp3) is 0.222. The van der Waals surface area contributed by atoms with Gasteiger partial charge in [-0.2, -0.15) is 0 Å². The van der Waals surface area contributed by atoms with Crippen LogP contribution in [0, 0.1) is 0 Å². The van der Waals surface area contributed by atoms with Crippen LogP contribution in [0.3, 0.4) is 0 Å². The third-order valence-corrected chi connectivity index (χ3v) is 4.95. The highest BCUT2D eigenvalue weighted by Gasteiger charge is 2.48. The molecule has 142 valence electrons. The number of nitrogens with one attached hydrogen (secondary N) is 3. The van der Waals surface area contributed by atoms with Gasteiger partial charge in [-0.1, -0.05) is 36.4 Å². The summed E-state index contributed by atoms with van der Waals surface area (Å²) < 4.78 is 25.2. The van der Waals surface area contributed by atoms with Crippen LogP contribution in [0.5, 0.6) is 0 Å². The van der Waals surface area contributed by atoms with Crippen LogP contribution in [0.25, 0.3) is 11.1 Å². The first-order valence-corrected chi connectivity index (χ1v) is 9.97. The van der Waals surface area contributed by atoms with E-state index in [1.54, 1.807) is 42.5 Å². The first kappa shape index (κ1) is 18.9. The number of hydrogen-bond acceptors (Lipinski definition) is 5. The summed E-state index contributed by atoms with van der Waals surface area (Å²) in [6, 6.07) is 13.0. The molecule has 2 unspecified atom stereocenters. The molecule has 0 spiro atoms. The van der Waals surface area contributed by atoms with Crippen LogP contribution in [0.1, 0.15) is 18.6 Å². The molecule has 1 aliphatic rings. The molecule has 9 heteroatoms. The van der Waals surface area contributed by atoms with Crippen molar-refractivity contribution < 1.29 is 23.1 Å². The topological polar surface area (TPSA) is 125 Å². The fourth-order valence-corrected chi connectivity index (χ4v) is 3.47. The number of sulfonamides is 1. The van der Waals surface area contributed by atoms with E-state index in [2.05, 4.69) is 15.4 Å². The summed E-state index contributed by atoms with van der Waals surface area (Å²) in [6.45, 7) is 1.45. The molecule has 8 nitrogen and oxygen atoms in total. The van der Waals surface area contributed by atoms with Crippen molar-refractivity contribution in [3.8, 4) is 11.1 Å². The molecule has 1 fully saturated rings. The summed E-state index contributed by atoms with van der Waals surface area (Å²) in [5.74, 6) is -0.594. The predicted octanol–water partition coefficient (Wildman–Crippen LogP) is 1.36. The zero-order chi connectivity index (χ0) is 19.8. The van der Waals surface area contributed by atoms with Gasteiger partial charge in [-0.05, 0) is 35.7 Å². The second kappa shape index (κ2) is 6.67. The highest BCUT2D eigenvalue weighted by atomic mass is 32.2. The van der Waals surface area contributed by atoms with Crippen LogP contribution in [0.15, 0.2) is 48.5 Å². The third kappa shape index (κ3) is 3.93. The van der Waals surface area contributed by atoms with E-state index < -0.39 is 33.6 Å². The summed E-state index contributed by atoms with van der Waals surface area (Å²) in [7, 11) is -3.38. The number of hydrogen-bond donors (Lipinski definition) is 4. The number of aliphatic hydroxyl groups excluding tert-OH is 1. The first-order valence-electron chi connectivity index (χ1n) is 8.08. The van der Waals surface area contributed by atoms with Gasteiger partial charge in [0, 0.05) is 5.69 Å². The largest absolute Gasteiger partial charge is 0.385 e. The Balaban J connectivity index is 1.85. The van der Waals surface area contributed by atoms with Crippen LogP contribution >= 0.6 is 0 Å². The smallest absolute Gasteiger partial charge is 0.322 e. The molecule has 2 atom stereocenters. The number of imide groups is 1. The molecule has 0 bridgehead atoms. The van der Waals surface area contributed by atoms with Crippen LogP contribution < -0.4 is 15.4 Å². The molecule has 1 saturated heterocycles. The van der Waals surface area contributed by atoms with Gasteiger partial charge in [-0.3, -0.25) is 14.8 Å². The Kier molecular flexibility index (Phi) is 4.66. The van der Waals surface area contributed by atoms with Crippen molar-refractivity contribution in [1.29, 1.82) is 0 Å². The van der Waals surface area contributed by atoms with Crippen LogP contribution in [0.4, 0.5) is 10.5 Å². The van der Waals surface area contributed by atoms with Crippen LogP contribution in [0.2, 0.25) is 0 Å². The minimum atomic E-state index is -3.38. The zero-order valence-electron chi connectivity index (χ0n) is 14.7. The van der Waals surface area contributed by atoms with Gasteiger partial charge in [-0.25, -0.2) is 13.2 Å². The number of urea groups is 1. The minimum absolute atomic E-state index is 0.442. The second-order valence-corrected chi connectivity index (χ2v) is 8.34. The quantitative estimate of drug-likeness (QED) is 0.575. The Labute approximate surface area is 156 Å². The van der Waals surface area contributed by atoms with Crippen LogP contribution in [-0.4, -0.2) is 37.3 Å². The summed E-state index contributed by atoms with van der Waals surface area (Å²) in [5.41, 5.74) is 1.04. The molecule has 0 saturated carbocycles. The normalized spacial score (nSPS) is 20.7. The second-order valence-electron chi connectivity index (χ2n) is 6.59. The lowest BCUT2D eigenvalue weighted by molar-refractivity contribution is -0.127. The van der Waals surface area contributed by atoms with Crippen molar-refractivity contribution in [1.82, 2.24) is 10.6 Å². The summed E-state index contributed by atoms with van der Waals surface area (Å²) in [6.07, 6.45) is -0.148. The maximum Gasteiger partial charge on any atom is 0.322 e. The molecule has 0 aromatic heterocycles. The van der Waals surface area contributed by atoms with Crippen molar-refractivity contribution in [3.63, 3.8) is 0 Å². The van der Waals surface area contributed by atoms with Crippen molar-refractivity contribution >= 4 is 27.6 Å². The van der Waals surface area contributed by atoms with E-state index in [9.17, 15) is 23.1 Å². The average molecular weight is 389 g/mol. The lowest BCUT2D eigenvalue weighted by Crippen LogP contribution is -2.49. The molecule has 2 aromatic rings. The highest BCUT2D eigenvalue weighted by molar-refractivity contribution is 7.92. The van der Waals surface area contributed by atoms with Gasteiger partial charge in [-0.15, -0.1) is 0 Å². The Hall–Kier alpha value is -2.91. The first-order chi connectivity index (χ1) is 12.6. The number of rotatable bonds is 5. The number of benzene rings is 2. The highest BCUT2D eigenvalue weighted by Crippen LogP contribution is 2.30. The molecule has 0 aliphatic carbocycles. The minimum Gasteiger partial charge on any atom is -0.385 e. The molecule has 1 heterocycles. The standard InChI is InChI=1S/C18H19N3O5S/c1-18(16(23)19-17(24)20-18)15(22)12-8-6-11(7-9-12)13-4-3-5-14(10-13)21-27(2,25)26/h3-10,15,21-22H,1-2H3,(H2,19,20,23,24).